The van der Waals surface area contributed by atoms with E-state index >= 15 is 0 Å². The first-order chi connectivity index (χ1) is 14.2. The minimum atomic E-state index is -3.48. The lowest BCUT2D eigenvalue weighted by Gasteiger charge is -2.22. The predicted octanol–water partition coefficient (Wildman–Crippen LogP) is 4.35. The van der Waals surface area contributed by atoms with Gasteiger partial charge in [0.15, 0.2) is 0 Å². The number of halogens is 1. The molecule has 0 spiro atoms. The molecule has 10 heteroatoms. The van der Waals surface area contributed by atoms with E-state index in [-0.39, 0.29) is 18.9 Å². The summed E-state index contributed by atoms with van der Waals surface area (Å²) in [4.78, 5) is 12.3. The molecule has 2 aromatic carbocycles. The monoisotopic (exact) mass is 464 g/mol. The maximum Gasteiger partial charge on any atom is 0.232 e. The van der Waals surface area contributed by atoms with Crippen molar-refractivity contribution in [1.29, 1.82) is 0 Å². The lowest BCUT2D eigenvalue weighted by atomic mass is 10.2. The first kappa shape index (κ1) is 22.2. The summed E-state index contributed by atoms with van der Waals surface area (Å²) >= 11 is 7.16. The third kappa shape index (κ3) is 6.01. The van der Waals surface area contributed by atoms with Crippen molar-refractivity contribution in [1.82, 2.24) is 10.2 Å². The number of nitrogens with zero attached hydrogens (tertiary/aromatic N) is 3. The van der Waals surface area contributed by atoms with Gasteiger partial charge in [-0.1, -0.05) is 52.8 Å². The predicted molar refractivity (Wildman–Crippen MR) is 122 cm³/mol. The van der Waals surface area contributed by atoms with Crippen molar-refractivity contribution in [3.05, 3.63) is 59.1 Å². The number of carbonyl (C=O) groups is 1. The lowest BCUT2D eigenvalue weighted by molar-refractivity contribution is -0.116. The zero-order valence-electron chi connectivity index (χ0n) is 16.5. The molecule has 0 bridgehead atoms. The van der Waals surface area contributed by atoms with Gasteiger partial charge in [0.1, 0.15) is 5.01 Å². The van der Waals surface area contributed by atoms with Crippen LogP contribution < -0.4 is 9.62 Å². The summed E-state index contributed by atoms with van der Waals surface area (Å²) in [5, 5.41) is 12.5. The van der Waals surface area contributed by atoms with Crippen LogP contribution in [0, 0.1) is 6.92 Å². The molecule has 0 atom stereocenters. The highest BCUT2D eigenvalue weighted by atomic mass is 35.5. The number of sulfonamides is 1. The highest BCUT2D eigenvalue weighted by Gasteiger charge is 2.18. The van der Waals surface area contributed by atoms with E-state index in [0.29, 0.717) is 22.3 Å². The number of anilines is 2. The Bertz CT molecular complexity index is 1110. The van der Waals surface area contributed by atoms with Crippen LogP contribution in [-0.2, 0) is 14.8 Å². The van der Waals surface area contributed by atoms with Crippen molar-refractivity contribution < 1.29 is 13.2 Å². The van der Waals surface area contributed by atoms with Gasteiger partial charge >= 0.3 is 0 Å². The Kier molecular flexibility index (Phi) is 7.06. The van der Waals surface area contributed by atoms with Gasteiger partial charge in [-0.05, 0) is 37.6 Å². The van der Waals surface area contributed by atoms with Gasteiger partial charge in [-0.15, -0.1) is 10.2 Å². The number of rotatable bonds is 8. The molecule has 0 fully saturated rings. The van der Waals surface area contributed by atoms with Gasteiger partial charge in [0, 0.05) is 23.6 Å². The van der Waals surface area contributed by atoms with Crippen LogP contribution in [0.1, 0.15) is 18.4 Å². The van der Waals surface area contributed by atoms with Gasteiger partial charge in [-0.25, -0.2) is 8.42 Å². The molecule has 0 aliphatic carbocycles. The molecule has 0 saturated heterocycles. The van der Waals surface area contributed by atoms with Crippen molar-refractivity contribution in [3.63, 3.8) is 0 Å². The fourth-order valence-electron chi connectivity index (χ4n) is 2.75. The number of amides is 1. The molecule has 0 aliphatic rings. The maximum atomic E-state index is 12.3. The smallest absolute Gasteiger partial charge is 0.232 e. The number of aryl methyl sites for hydroxylation is 1. The summed E-state index contributed by atoms with van der Waals surface area (Å²) in [7, 11) is -3.48. The molecule has 0 unspecified atom stereocenters. The zero-order valence-corrected chi connectivity index (χ0v) is 18.9. The summed E-state index contributed by atoms with van der Waals surface area (Å²) in [6.45, 7) is 2.19. The third-order valence-electron chi connectivity index (χ3n) is 4.25. The summed E-state index contributed by atoms with van der Waals surface area (Å²) in [6, 6.07) is 14.4. The maximum absolute atomic E-state index is 12.3. The van der Waals surface area contributed by atoms with Crippen LogP contribution in [0.2, 0.25) is 5.02 Å². The molecule has 3 rings (SSSR count). The Morgan fingerprint density at radius 1 is 1.10 bits per heavy atom. The first-order valence-electron chi connectivity index (χ1n) is 9.16. The average molecular weight is 465 g/mol. The van der Waals surface area contributed by atoms with E-state index in [2.05, 4.69) is 15.5 Å². The summed E-state index contributed by atoms with van der Waals surface area (Å²) in [5.74, 6) is -0.244. The van der Waals surface area contributed by atoms with E-state index in [1.54, 1.807) is 24.3 Å². The number of hydrogen-bond donors (Lipinski definition) is 1. The molecule has 7 nitrogen and oxygen atoms in total. The van der Waals surface area contributed by atoms with Crippen molar-refractivity contribution in [2.45, 2.75) is 19.8 Å². The Hall–Kier alpha value is -2.49. The van der Waals surface area contributed by atoms with Crippen LogP contribution in [0.25, 0.3) is 10.6 Å². The van der Waals surface area contributed by atoms with Gasteiger partial charge in [0.05, 0.1) is 11.9 Å². The van der Waals surface area contributed by atoms with Gasteiger partial charge < -0.3 is 5.32 Å². The number of carbonyl (C=O) groups excluding carboxylic acids is 1. The molecule has 0 aliphatic heterocycles. The Morgan fingerprint density at radius 2 is 1.77 bits per heavy atom. The van der Waals surface area contributed by atoms with Gasteiger partial charge in [-0.2, -0.15) is 0 Å². The minimum absolute atomic E-state index is 0.152. The Balaban J connectivity index is 1.56. The molecule has 158 valence electrons. The summed E-state index contributed by atoms with van der Waals surface area (Å²) < 4.78 is 25.5. The average Bonchev–Trinajstić information content (AvgIpc) is 3.14. The Labute approximate surface area is 184 Å². The molecule has 3 aromatic rings. The van der Waals surface area contributed by atoms with Gasteiger partial charge in [0.25, 0.3) is 0 Å². The van der Waals surface area contributed by atoms with Crippen LogP contribution in [0.15, 0.2) is 48.5 Å². The summed E-state index contributed by atoms with van der Waals surface area (Å²) in [6.07, 6.45) is 1.64. The fraction of sp³-hybridized carbons (Fsp3) is 0.250. The topological polar surface area (TPSA) is 92.3 Å². The molecular formula is C20H21ClN4O3S2. The quantitative estimate of drug-likeness (QED) is 0.535. The lowest BCUT2D eigenvalue weighted by Crippen LogP contribution is -2.31. The third-order valence-corrected chi connectivity index (χ3v) is 6.58. The summed E-state index contributed by atoms with van der Waals surface area (Å²) in [5.41, 5.74) is 2.60. The standard InChI is InChI=1S/C20H21ClN4O3S2/c1-14-5-7-15(8-6-14)19-23-24-20(29-19)22-18(26)4-3-13-25(30(2,27)28)17-11-9-16(21)10-12-17/h5-12H,3-4,13H2,1-2H3,(H,22,24,26). The fourth-order valence-corrected chi connectivity index (χ4v) is 4.60. The molecule has 30 heavy (non-hydrogen) atoms. The van der Waals surface area contributed by atoms with Crippen LogP contribution in [-0.4, -0.2) is 37.3 Å². The molecule has 0 radical (unpaired) electrons. The number of aromatic nitrogens is 2. The van der Waals surface area contributed by atoms with E-state index in [9.17, 15) is 13.2 Å². The van der Waals surface area contributed by atoms with E-state index in [1.165, 1.54) is 15.6 Å². The van der Waals surface area contributed by atoms with Crippen molar-refractivity contribution in [2.75, 3.05) is 22.4 Å². The molecular weight excluding hydrogens is 444 g/mol. The normalized spacial score (nSPS) is 11.3. The zero-order chi connectivity index (χ0) is 21.7. The van der Waals surface area contributed by atoms with Crippen molar-refractivity contribution in [3.8, 4) is 10.6 Å². The van der Waals surface area contributed by atoms with Gasteiger partial charge in [-0.3, -0.25) is 9.10 Å². The van der Waals surface area contributed by atoms with Crippen LogP contribution in [0.4, 0.5) is 10.8 Å². The van der Waals surface area contributed by atoms with E-state index < -0.39 is 10.0 Å². The minimum Gasteiger partial charge on any atom is -0.301 e. The van der Waals surface area contributed by atoms with E-state index in [4.69, 9.17) is 11.6 Å². The number of nitrogens with one attached hydrogen (secondary N) is 1. The van der Waals surface area contributed by atoms with Crippen LogP contribution in [0.5, 0.6) is 0 Å². The van der Waals surface area contributed by atoms with Crippen LogP contribution >= 0.6 is 22.9 Å². The molecule has 1 aromatic heterocycles. The Morgan fingerprint density at radius 3 is 2.40 bits per heavy atom. The highest BCUT2D eigenvalue weighted by Crippen LogP contribution is 2.26. The van der Waals surface area contributed by atoms with Crippen molar-refractivity contribution in [2.24, 2.45) is 0 Å². The molecule has 1 amide bonds. The van der Waals surface area contributed by atoms with Crippen LogP contribution in [0.3, 0.4) is 0 Å². The second kappa shape index (κ2) is 9.55. The van der Waals surface area contributed by atoms with Gasteiger partial charge in [0.2, 0.25) is 21.1 Å². The molecule has 0 saturated carbocycles. The molecule has 1 N–H and O–H groups in total. The highest BCUT2D eigenvalue weighted by molar-refractivity contribution is 7.92. The van der Waals surface area contributed by atoms with E-state index in [0.717, 1.165) is 22.4 Å². The number of hydrogen-bond acceptors (Lipinski definition) is 6. The SMILES string of the molecule is Cc1ccc(-c2nnc(NC(=O)CCCN(c3ccc(Cl)cc3)S(C)(=O)=O)s2)cc1. The van der Waals surface area contributed by atoms with Crippen molar-refractivity contribution >= 4 is 49.7 Å². The second-order valence-corrected chi connectivity index (χ2v) is 10.1. The second-order valence-electron chi connectivity index (χ2n) is 6.74. The first-order valence-corrected chi connectivity index (χ1v) is 12.2. The number of benzene rings is 2. The van der Waals surface area contributed by atoms with E-state index in [1.807, 2.05) is 31.2 Å². The molecule has 1 heterocycles. The largest absolute Gasteiger partial charge is 0.301 e.